The van der Waals surface area contributed by atoms with Crippen LogP contribution in [0.5, 0.6) is 5.75 Å². The van der Waals surface area contributed by atoms with Gasteiger partial charge < -0.3 is 20.7 Å². The Labute approximate surface area is 113 Å². The van der Waals surface area contributed by atoms with Crippen LogP contribution in [-0.4, -0.2) is 31.6 Å². The van der Waals surface area contributed by atoms with Crippen molar-refractivity contribution in [3.05, 3.63) is 18.2 Å². The van der Waals surface area contributed by atoms with Crippen LogP contribution in [0.4, 0.5) is 11.4 Å². The smallest absolute Gasteiger partial charge is 0.239 e. The predicted molar refractivity (Wildman–Crippen MR) is 76.5 cm³/mol. The molecule has 0 saturated carbocycles. The molecule has 5 heteroatoms. The van der Waals surface area contributed by atoms with Gasteiger partial charge >= 0.3 is 0 Å². The number of nitrogens with zero attached hydrogens (tertiary/aromatic N) is 1. The molecule has 1 amide bonds. The van der Waals surface area contributed by atoms with Gasteiger partial charge in [-0.05, 0) is 25.5 Å². The summed E-state index contributed by atoms with van der Waals surface area (Å²) >= 11 is 0. The number of amides is 1. The normalized spacial score (nSPS) is 15.4. The Bertz CT molecular complexity index is 462. The van der Waals surface area contributed by atoms with Gasteiger partial charge in [-0.25, -0.2) is 0 Å². The lowest BCUT2D eigenvalue weighted by atomic mass is 10.2. The molecule has 0 spiro atoms. The van der Waals surface area contributed by atoms with Crippen molar-refractivity contribution in [2.75, 3.05) is 30.3 Å². The molecule has 19 heavy (non-hydrogen) atoms. The first kappa shape index (κ1) is 13.5. The monoisotopic (exact) mass is 263 g/mol. The fourth-order valence-electron chi connectivity index (χ4n) is 2.05. The van der Waals surface area contributed by atoms with Gasteiger partial charge in [-0.1, -0.05) is 6.92 Å². The molecule has 5 nitrogen and oxygen atoms in total. The number of nitrogen functional groups attached to an aromatic ring is 1. The minimum atomic E-state index is 0.0408. The summed E-state index contributed by atoms with van der Waals surface area (Å²) in [4.78, 5) is 14.0. The molecule has 1 heterocycles. The Morgan fingerprint density at radius 1 is 1.58 bits per heavy atom. The molecule has 1 atom stereocenters. The summed E-state index contributed by atoms with van der Waals surface area (Å²) in [7, 11) is 0. The minimum Gasteiger partial charge on any atom is -0.489 e. The van der Waals surface area contributed by atoms with Gasteiger partial charge in [-0.15, -0.1) is 0 Å². The molecule has 2 rings (SSSR count). The van der Waals surface area contributed by atoms with Crippen LogP contribution >= 0.6 is 0 Å². The number of anilines is 2. The topological polar surface area (TPSA) is 67.6 Å². The Kier molecular flexibility index (Phi) is 4.14. The van der Waals surface area contributed by atoms with Crippen LogP contribution in [0.3, 0.4) is 0 Å². The summed E-state index contributed by atoms with van der Waals surface area (Å²) in [6.45, 7) is 5.70. The largest absolute Gasteiger partial charge is 0.489 e. The summed E-state index contributed by atoms with van der Waals surface area (Å²) in [5.74, 6) is 0.793. The molecule has 0 fully saturated rings. The van der Waals surface area contributed by atoms with Crippen LogP contribution in [-0.2, 0) is 4.79 Å². The van der Waals surface area contributed by atoms with Gasteiger partial charge in [0.15, 0.2) is 0 Å². The number of nitrogens with two attached hydrogens (primary N) is 1. The summed E-state index contributed by atoms with van der Waals surface area (Å²) in [5.41, 5.74) is 7.34. The van der Waals surface area contributed by atoms with Crippen molar-refractivity contribution in [1.29, 1.82) is 0 Å². The molecule has 1 aliphatic heterocycles. The van der Waals surface area contributed by atoms with Gasteiger partial charge in [0.2, 0.25) is 5.91 Å². The molecule has 1 unspecified atom stereocenters. The van der Waals surface area contributed by atoms with Crippen molar-refractivity contribution in [2.45, 2.75) is 26.3 Å². The maximum atomic E-state index is 11.9. The molecule has 3 N–H and O–H groups in total. The van der Waals surface area contributed by atoms with Gasteiger partial charge in [0.05, 0.1) is 18.8 Å². The van der Waals surface area contributed by atoms with Gasteiger partial charge in [-0.2, -0.15) is 0 Å². The number of hydrogen-bond donors (Lipinski definition) is 2. The molecule has 0 aliphatic carbocycles. The second-order valence-electron chi connectivity index (χ2n) is 4.87. The lowest BCUT2D eigenvalue weighted by Crippen LogP contribution is -2.43. The summed E-state index contributed by atoms with van der Waals surface area (Å²) in [6.07, 6.45) is 0.933. The van der Waals surface area contributed by atoms with Crippen LogP contribution in [0, 0.1) is 0 Å². The predicted octanol–water partition coefficient (Wildman–Crippen LogP) is 1.38. The number of carbonyl (C=O) groups excluding carboxylic acids is 1. The van der Waals surface area contributed by atoms with Gasteiger partial charge in [0.25, 0.3) is 0 Å². The second kappa shape index (κ2) is 5.82. The highest BCUT2D eigenvalue weighted by Crippen LogP contribution is 2.32. The maximum Gasteiger partial charge on any atom is 0.239 e. The van der Waals surface area contributed by atoms with Crippen molar-refractivity contribution in [1.82, 2.24) is 5.32 Å². The molecule has 104 valence electrons. The van der Waals surface area contributed by atoms with Gasteiger partial charge in [0.1, 0.15) is 12.4 Å². The van der Waals surface area contributed by atoms with E-state index in [4.69, 9.17) is 10.5 Å². The molecule has 0 saturated heterocycles. The third kappa shape index (κ3) is 3.30. The highest BCUT2D eigenvalue weighted by molar-refractivity contribution is 5.82. The van der Waals surface area contributed by atoms with Crippen LogP contribution in [0.15, 0.2) is 18.2 Å². The van der Waals surface area contributed by atoms with Crippen molar-refractivity contribution in [3.8, 4) is 5.75 Å². The first-order chi connectivity index (χ1) is 9.10. The van der Waals surface area contributed by atoms with Crippen molar-refractivity contribution in [2.24, 2.45) is 0 Å². The molecule has 1 aliphatic rings. The Balaban J connectivity index is 2.05. The van der Waals surface area contributed by atoms with E-state index in [9.17, 15) is 4.79 Å². The molecular weight excluding hydrogens is 242 g/mol. The average Bonchev–Trinajstić information content (AvgIpc) is 2.38. The lowest BCUT2D eigenvalue weighted by molar-refractivity contribution is -0.120. The average molecular weight is 263 g/mol. The number of nitrogens with one attached hydrogen (secondary N) is 1. The quantitative estimate of drug-likeness (QED) is 0.805. The Morgan fingerprint density at radius 3 is 3.11 bits per heavy atom. The molecule has 1 aromatic carbocycles. The van der Waals surface area contributed by atoms with Crippen LogP contribution in [0.2, 0.25) is 0 Å². The number of ether oxygens (including phenoxy) is 1. The minimum absolute atomic E-state index is 0.0408. The first-order valence-corrected chi connectivity index (χ1v) is 6.66. The summed E-state index contributed by atoms with van der Waals surface area (Å²) in [6, 6.07) is 5.74. The summed E-state index contributed by atoms with van der Waals surface area (Å²) < 4.78 is 5.56. The highest BCUT2D eigenvalue weighted by Gasteiger charge is 2.20. The van der Waals surface area contributed by atoms with E-state index in [2.05, 4.69) is 12.2 Å². The van der Waals surface area contributed by atoms with E-state index >= 15 is 0 Å². The third-order valence-electron chi connectivity index (χ3n) is 3.30. The number of fused-ring (bicyclic) bond motifs is 1. The van der Waals surface area contributed by atoms with E-state index in [0.717, 1.165) is 17.9 Å². The molecule has 1 aromatic rings. The number of carbonyl (C=O) groups is 1. The van der Waals surface area contributed by atoms with Crippen LogP contribution < -0.4 is 20.7 Å². The van der Waals surface area contributed by atoms with Crippen molar-refractivity contribution >= 4 is 17.3 Å². The van der Waals surface area contributed by atoms with Crippen molar-refractivity contribution < 1.29 is 9.53 Å². The Morgan fingerprint density at radius 2 is 2.37 bits per heavy atom. The standard InChI is InChI=1S/C14H21N3O2/c1-3-10(2)16-14(18)9-17-6-7-19-13-8-11(15)4-5-12(13)17/h4-5,8,10H,3,6-7,9,15H2,1-2H3,(H,16,18). The van der Waals surface area contributed by atoms with E-state index in [-0.39, 0.29) is 11.9 Å². The molecular formula is C14H21N3O2. The Hall–Kier alpha value is -1.91. The lowest BCUT2D eigenvalue weighted by Gasteiger charge is -2.31. The first-order valence-electron chi connectivity index (χ1n) is 6.66. The SMILES string of the molecule is CCC(C)NC(=O)CN1CCOc2cc(N)ccc21. The van der Waals surface area contributed by atoms with E-state index < -0.39 is 0 Å². The molecule has 0 aromatic heterocycles. The number of benzene rings is 1. The van der Waals surface area contributed by atoms with E-state index in [0.29, 0.717) is 25.4 Å². The fourth-order valence-corrected chi connectivity index (χ4v) is 2.05. The van der Waals surface area contributed by atoms with E-state index in [1.54, 1.807) is 6.07 Å². The molecule has 0 radical (unpaired) electrons. The summed E-state index contributed by atoms with van der Waals surface area (Å²) in [5, 5.41) is 2.97. The zero-order valence-corrected chi connectivity index (χ0v) is 11.5. The third-order valence-corrected chi connectivity index (χ3v) is 3.30. The molecule has 0 bridgehead atoms. The van der Waals surface area contributed by atoms with Gasteiger partial charge in [-0.3, -0.25) is 4.79 Å². The zero-order chi connectivity index (χ0) is 13.8. The maximum absolute atomic E-state index is 11.9. The zero-order valence-electron chi connectivity index (χ0n) is 11.5. The van der Waals surface area contributed by atoms with E-state index in [1.807, 2.05) is 24.0 Å². The van der Waals surface area contributed by atoms with Gasteiger partial charge in [0, 0.05) is 17.8 Å². The van der Waals surface area contributed by atoms with Crippen LogP contribution in [0.25, 0.3) is 0 Å². The fraction of sp³-hybridized carbons (Fsp3) is 0.500. The number of hydrogen-bond acceptors (Lipinski definition) is 4. The second-order valence-corrected chi connectivity index (χ2v) is 4.87. The highest BCUT2D eigenvalue weighted by atomic mass is 16.5. The van der Waals surface area contributed by atoms with Crippen molar-refractivity contribution in [3.63, 3.8) is 0 Å². The number of rotatable bonds is 4. The van der Waals surface area contributed by atoms with Crippen LogP contribution in [0.1, 0.15) is 20.3 Å². The van der Waals surface area contributed by atoms with E-state index in [1.165, 1.54) is 0 Å².